The van der Waals surface area contributed by atoms with Gasteiger partial charge in [0.15, 0.2) is 11.6 Å². The summed E-state index contributed by atoms with van der Waals surface area (Å²) < 4.78 is 41.8. The summed E-state index contributed by atoms with van der Waals surface area (Å²) in [6.45, 7) is 3.08. The number of aromatic hydroxyl groups is 1. The molecule has 1 amide bonds. The Morgan fingerprint density at radius 1 is 1.12 bits per heavy atom. The lowest BCUT2D eigenvalue weighted by atomic mass is 10.2. The van der Waals surface area contributed by atoms with Crippen LogP contribution in [0, 0.1) is 0 Å². The number of aromatic nitrogens is 5. The summed E-state index contributed by atoms with van der Waals surface area (Å²) in [6.07, 6.45) is -2.74. The van der Waals surface area contributed by atoms with Crippen LogP contribution < -0.4 is 20.7 Å². The van der Waals surface area contributed by atoms with Crippen LogP contribution in [0.2, 0.25) is 10.0 Å². The first-order valence-electron chi connectivity index (χ1n) is 12.6. The van der Waals surface area contributed by atoms with E-state index in [1.165, 1.54) is 12.3 Å². The summed E-state index contributed by atoms with van der Waals surface area (Å²) in [4.78, 5) is 39.0. The molecular weight excluding hydrogens is 668 g/mol. The fraction of sp³-hybridized carbons (Fsp3) is 0.320. The average Bonchev–Trinajstić information content (AvgIpc) is 3.34. The monoisotopic (exact) mass is 688 g/mol. The van der Waals surface area contributed by atoms with E-state index in [9.17, 15) is 27.9 Å². The second-order valence-electron chi connectivity index (χ2n) is 9.31. The molecule has 2 N–H and O–H groups in total. The van der Waals surface area contributed by atoms with Gasteiger partial charge >= 0.3 is 6.18 Å². The van der Waals surface area contributed by atoms with Crippen molar-refractivity contribution in [2.45, 2.75) is 26.1 Å². The Bertz CT molecular complexity index is 1740. The number of piperazine rings is 1. The van der Waals surface area contributed by atoms with E-state index in [2.05, 4.69) is 36.3 Å². The number of rotatable bonds is 6. The Morgan fingerprint density at radius 3 is 2.45 bits per heavy atom. The molecule has 0 bridgehead atoms. The molecule has 4 aromatic rings. The van der Waals surface area contributed by atoms with Crippen molar-refractivity contribution in [3.8, 4) is 5.75 Å². The molecule has 1 aromatic carbocycles. The molecule has 0 unspecified atom stereocenters. The van der Waals surface area contributed by atoms with E-state index in [0.717, 1.165) is 22.7 Å². The smallest absolute Gasteiger partial charge is 0.416 e. The summed E-state index contributed by atoms with van der Waals surface area (Å²) in [5, 5.41) is 17.0. The molecule has 5 rings (SSSR count). The van der Waals surface area contributed by atoms with Crippen molar-refractivity contribution in [1.29, 1.82) is 0 Å². The third kappa shape index (κ3) is 5.72. The molecule has 1 aliphatic rings. The zero-order chi connectivity index (χ0) is 30.3. The summed E-state index contributed by atoms with van der Waals surface area (Å²) in [5.41, 5.74) is -0.537. The van der Waals surface area contributed by atoms with Gasteiger partial charge in [-0.1, -0.05) is 30.1 Å². The van der Waals surface area contributed by atoms with Crippen LogP contribution in [0.25, 0.3) is 5.78 Å². The summed E-state index contributed by atoms with van der Waals surface area (Å²) in [5.74, 6) is -0.288. The lowest BCUT2D eigenvalue weighted by molar-refractivity contribution is -0.137. The third-order valence-corrected chi connectivity index (χ3v) is 7.71. The molecule has 4 heterocycles. The number of pyridine rings is 1. The Kier molecular flexibility index (Phi) is 8.27. The predicted molar refractivity (Wildman–Crippen MR) is 155 cm³/mol. The first-order valence-corrected chi connectivity index (χ1v) is 14.1. The predicted octanol–water partition coefficient (Wildman–Crippen LogP) is 4.61. The van der Waals surface area contributed by atoms with E-state index < -0.39 is 23.2 Å². The van der Waals surface area contributed by atoms with E-state index in [1.807, 2.05) is 16.7 Å². The number of carbonyl (C=O) groups is 1. The van der Waals surface area contributed by atoms with E-state index in [1.54, 1.807) is 4.57 Å². The number of hydrogen-bond donors (Lipinski definition) is 2. The minimum Gasteiger partial charge on any atom is -0.503 e. The fourth-order valence-electron chi connectivity index (χ4n) is 4.82. The third-order valence-electron chi connectivity index (χ3n) is 6.76. The summed E-state index contributed by atoms with van der Waals surface area (Å²) >= 11 is 15.3. The van der Waals surface area contributed by atoms with Crippen LogP contribution in [0.1, 0.15) is 18.2 Å². The van der Waals surface area contributed by atoms with Crippen LogP contribution in [-0.4, -0.2) is 61.3 Å². The highest BCUT2D eigenvalue weighted by atomic mass is 79.9. The van der Waals surface area contributed by atoms with Crippen molar-refractivity contribution in [1.82, 2.24) is 24.1 Å². The Balaban J connectivity index is 1.46. The largest absolute Gasteiger partial charge is 0.503 e. The molecule has 42 heavy (non-hydrogen) atoms. The van der Waals surface area contributed by atoms with Crippen LogP contribution >= 0.6 is 39.1 Å². The van der Waals surface area contributed by atoms with Crippen molar-refractivity contribution >= 4 is 68.0 Å². The van der Waals surface area contributed by atoms with Gasteiger partial charge < -0.3 is 24.8 Å². The molecule has 0 atom stereocenters. The van der Waals surface area contributed by atoms with Gasteiger partial charge in [-0.3, -0.25) is 9.59 Å². The maximum atomic E-state index is 13.6. The highest BCUT2D eigenvalue weighted by molar-refractivity contribution is 9.10. The second kappa shape index (κ2) is 11.6. The van der Waals surface area contributed by atoms with E-state index in [4.69, 9.17) is 23.2 Å². The highest BCUT2D eigenvalue weighted by Gasteiger charge is 2.31. The first kappa shape index (κ1) is 29.9. The van der Waals surface area contributed by atoms with E-state index in [-0.39, 0.29) is 38.5 Å². The van der Waals surface area contributed by atoms with Crippen LogP contribution in [0.5, 0.6) is 5.75 Å². The standard InChI is InChI=1S/C25H22BrCl2F3N8O3/c1-2-17-19(36-7-9-37(10-8-36)21-20(41)14(27)5-6-32-21)22(42)39-24(34-23(26)35-39)38(17)12-18(40)33-16-4-3-13(11-15(16)28)25(29,30)31/h3-6,11,41H,2,7-10,12H2,1H3,(H,33,40). The van der Waals surface area contributed by atoms with Gasteiger partial charge in [-0.2, -0.15) is 22.7 Å². The number of amides is 1. The minimum atomic E-state index is -4.59. The molecular formula is C25H22BrCl2F3N8O3. The van der Waals surface area contributed by atoms with Gasteiger partial charge in [0.25, 0.3) is 5.56 Å². The van der Waals surface area contributed by atoms with Crippen molar-refractivity contribution in [3.05, 3.63) is 66.9 Å². The molecule has 0 radical (unpaired) electrons. The number of fused-ring (bicyclic) bond motifs is 1. The summed E-state index contributed by atoms with van der Waals surface area (Å²) in [6, 6.07) is 4.12. The number of halogens is 6. The fourth-order valence-corrected chi connectivity index (χ4v) is 5.51. The SMILES string of the molecule is CCc1c(N2CCN(c3nccc(Cl)c3O)CC2)c(=O)n2nc(Br)nc2n1CC(=O)Nc1ccc(C(F)(F)F)cc1Cl. The van der Waals surface area contributed by atoms with Crippen molar-refractivity contribution in [2.75, 3.05) is 41.3 Å². The first-order chi connectivity index (χ1) is 19.9. The molecule has 0 saturated carbocycles. The van der Waals surface area contributed by atoms with Crippen LogP contribution in [0.3, 0.4) is 0 Å². The van der Waals surface area contributed by atoms with Crippen molar-refractivity contribution in [2.24, 2.45) is 0 Å². The zero-order valence-corrected chi connectivity index (χ0v) is 24.9. The van der Waals surface area contributed by atoms with E-state index >= 15 is 0 Å². The maximum Gasteiger partial charge on any atom is 0.416 e. The van der Waals surface area contributed by atoms with Gasteiger partial charge in [-0.05, 0) is 46.6 Å². The Labute approximate surface area is 254 Å². The Hall–Kier alpha value is -3.56. The number of carbonyl (C=O) groups excluding carboxylic acids is 1. The number of nitrogens with one attached hydrogen (secondary N) is 1. The lowest BCUT2D eigenvalue weighted by Gasteiger charge is -2.37. The summed E-state index contributed by atoms with van der Waals surface area (Å²) in [7, 11) is 0. The van der Waals surface area contributed by atoms with Crippen LogP contribution in [0.15, 0.2) is 40.0 Å². The van der Waals surface area contributed by atoms with Crippen molar-refractivity contribution < 1.29 is 23.1 Å². The van der Waals surface area contributed by atoms with Gasteiger partial charge in [-0.25, -0.2) is 4.98 Å². The number of alkyl halides is 3. The maximum absolute atomic E-state index is 13.6. The number of anilines is 3. The molecule has 0 aliphatic carbocycles. The number of nitrogens with zero attached hydrogens (tertiary/aromatic N) is 7. The van der Waals surface area contributed by atoms with Gasteiger partial charge in [-0.15, -0.1) is 5.10 Å². The molecule has 0 spiro atoms. The molecule has 11 nitrogen and oxygen atoms in total. The van der Waals surface area contributed by atoms with Crippen LogP contribution in [0.4, 0.5) is 30.4 Å². The normalized spacial score (nSPS) is 14.1. The van der Waals surface area contributed by atoms with E-state index in [0.29, 0.717) is 49.8 Å². The topological polar surface area (TPSA) is 121 Å². The molecule has 1 fully saturated rings. The van der Waals surface area contributed by atoms with Crippen LogP contribution in [-0.2, 0) is 23.9 Å². The molecule has 1 saturated heterocycles. The number of hydrogen-bond acceptors (Lipinski definition) is 8. The number of benzene rings is 1. The highest BCUT2D eigenvalue weighted by Crippen LogP contribution is 2.35. The van der Waals surface area contributed by atoms with Gasteiger partial charge in [0.05, 0.1) is 27.0 Å². The lowest BCUT2D eigenvalue weighted by Crippen LogP contribution is -2.49. The van der Waals surface area contributed by atoms with Crippen molar-refractivity contribution in [3.63, 3.8) is 0 Å². The zero-order valence-electron chi connectivity index (χ0n) is 21.8. The molecule has 3 aromatic heterocycles. The van der Waals surface area contributed by atoms with Gasteiger partial charge in [0, 0.05) is 32.4 Å². The average molecular weight is 690 g/mol. The van der Waals surface area contributed by atoms with Gasteiger partial charge in [0.2, 0.25) is 16.4 Å². The second-order valence-corrected chi connectivity index (χ2v) is 10.8. The molecule has 222 valence electrons. The Morgan fingerprint density at radius 2 is 1.81 bits per heavy atom. The molecule has 1 aliphatic heterocycles. The minimum absolute atomic E-state index is 0.00153. The van der Waals surface area contributed by atoms with Gasteiger partial charge in [0.1, 0.15) is 12.2 Å². The molecule has 17 heteroatoms. The quantitative estimate of drug-likeness (QED) is 0.301.